The summed E-state index contributed by atoms with van der Waals surface area (Å²) < 4.78 is 2.50. The molecular formula is C50H33N3S. The van der Waals surface area contributed by atoms with Crippen molar-refractivity contribution in [1.82, 2.24) is 15.0 Å². The van der Waals surface area contributed by atoms with E-state index in [0.717, 1.165) is 33.0 Å². The van der Waals surface area contributed by atoms with Gasteiger partial charge in [0, 0.05) is 42.3 Å². The van der Waals surface area contributed by atoms with E-state index in [-0.39, 0.29) is 5.41 Å². The summed E-state index contributed by atoms with van der Waals surface area (Å²) in [4.78, 5) is 15.8. The number of thiophene rings is 1. The highest BCUT2D eigenvalue weighted by atomic mass is 32.1. The molecule has 11 rings (SSSR count). The first-order valence-corrected chi connectivity index (χ1v) is 19.2. The summed E-state index contributed by atoms with van der Waals surface area (Å²) in [7, 11) is 0. The number of rotatable bonds is 4. The molecule has 1 aliphatic rings. The minimum absolute atomic E-state index is 0.137. The molecule has 0 saturated carbocycles. The lowest BCUT2D eigenvalue weighted by Gasteiger charge is -2.21. The van der Waals surface area contributed by atoms with Crippen LogP contribution in [-0.2, 0) is 5.41 Å². The maximum Gasteiger partial charge on any atom is 0.164 e. The summed E-state index contributed by atoms with van der Waals surface area (Å²) in [5.74, 6) is 2.00. The molecule has 0 radical (unpaired) electrons. The molecule has 1 aliphatic carbocycles. The van der Waals surface area contributed by atoms with Crippen LogP contribution in [0.1, 0.15) is 25.0 Å². The normalized spacial score (nSPS) is 13.1. The van der Waals surface area contributed by atoms with E-state index in [9.17, 15) is 0 Å². The summed E-state index contributed by atoms with van der Waals surface area (Å²) in [6.45, 7) is 4.63. The van der Waals surface area contributed by atoms with Crippen molar-refractivity contribution < 1.29 is 0 Å². The van der Waals surface area contributed by atoms with Gasteiger partial charge in [0.25, 0.3) is 0 Å². The third kappa shape index (κ3) is 4.84. The Labute approximate surface area is 317 Å². The van der Waals surface area contributed by atoms with Gasteiger partial charge in [-0.3, -0.25) is 0 Å². The van der Waals surface area contributed by atoms with Crippen LogP contribution in [0.15, 0.2) is 164 Å². The second-order valence-corrected chi connectivity index (χ2v) is 15.9. The number of aromatic nitrogens is 3. The zero-order valence-corrected chi connectivity index (χ0v) is 30.7. The topological polar surface area (TPSA) is 38.7 Å². The SMILES string of the molecule is CC1(C)c2ccccc2-c2ccc(-c3nc(-c4ccc5c(c4)sc4ccccc45)nc(-c4cccc5ccc(-c6ccc7ccccc7c6)cc45)n3)cc21. The summed E-state index contributed by atoms with van der Waals surface area (Å²) in [5.41, 5.74) is 10.4. The fourth-order valence-electron chi connectivity index (χ4n) is 8.48. The monoisotopic (exact) mass is 707 g/mol. The predicted octanol–water partition coefficient (Wildman–Crippen LogP) is 13.5. The van der Waals surface area contributed by atoms with Gasteiger partial charge in [0.2, 0.25) is 0 Å². The molecule has 54 heavy (non-hydrogen) atoms. The van der Waals surface area contributed by atoms with E-state index >= 15 is 0 Å². The van der Waals surface area contributed by atoms with E-state index in [1.807, 2.05) is 11.3 Å². The lowest BCUT2D eigenvalue weighted by atomic mass is 9.82. The van der Waals surface area contributed by atoms with Gasteiger partial charge in [0.05, 0.1) is 0 Å². The highest BCUT2D eigenvalue weighted by molar-refractivity contribution is 7.25. The fraction of sp³-hybridized carbons (Fsp3) is 0.0600. The van der Waals surface area contributed by atoms with Gasteiger partial charge in [-0.25, -0.2) is 15.0 Å². The molecule has 0 spiro atoms. The Bertz CT molecular complexity index is 3150. The van der Waals surface area contributed by atoms with Gasteiger partial charge >= 0.3 is 0 Å². The summed E-state index contributed by atoms with van der Waals surface area (Å²) in [6.07, 6.45) is 0. The maximum atomic E-state index is 5.29. The van der Waals surface area contributed by atoms with Gasteiger partial charge in [-0.05, 0) is 85.3 Å². The largest absolute Gasteiger partial charge is 0.208 e. The van der Waals surface area contributed by atoms with Crippen molar-refractivity contribution in [2.45, 2.75) is 19.3 Å². The van der Waals surface area contributed by atoms with Gasteiger partial charge in [-0.1, -0.05) is 147 Å². The first-order valence-electron chi connectivity index (χ1n) is 18.4. The van der Waals surface area contributed by atoms with E-state index in [2.05, 4.69) is 178 Å². The summed E-state index contributed by atoms with van der Waals surface area (Å²) in [6, 6.07) is 59.1. The van der Waals surface area contributed by atoms with Crippen LogP contribution in [-0.4, -0.2) is 15.0 Å². The standard InChI is InChI=1S/C50H33N3S/c1-50(2)43-16-7-5-13-37(43)38-24-22-35(28-44(38)50)47-51-48(36-23-25-40-39-14-6-8-17-45(39)54-46(40)29-36)53-49(52-47)41-15-9-12-31-19-21-34(27-42(31)41)33-20-18-30-10-3-4-11-32(30)26-33/h3-29H,1-2H3. The Morgan fingerprint density at radius 3 is 1.87 bits per heavy atom. The van der Waals surface area contributed by atoms with Crippen LogP contribution < -0.4 is 0 Å². The Balaban J connectivity index is 1.11. The van der Waals surface area contributed by atoms with Crippen LogP contribution >= 0.6 is 11.3 Å². The summed E-state index contributed by atoms with van der Waals surface area (Å²) >= 11 is 1.81. The maximum absolute atomic E-state index is 5.29. The minimum Gasteiger partial charge on any atom is -0.208 e. The van der Waals surface area contributed by atoms with E-state index in [0.29, 0.717) is 17.5 Å². The first kappa shape index (κ1) is 31.1. The van der Waals surface area contributed by atoms with Crippen LogP contribution in [0.2, 0.25) is 0 Å². The molecule has 0 unspecified atom stereocenters. The molecule has 10 aromatic rings. The molecule has 0 N–H and O–H groups in total. The van der Waals surface area contributed by atoms with Crippen LogP contribution in [0.4, 0.5) is 0 Å². The van der Waals surface area contributed by atoms with Gasteiger partial charge < -0.3 is 0 Å². The fourth-order valence-corrected chi connectivity index (χ4v) is 9.62. The smallest absolute Gasteiger partial charge is 0.164 e. The van der Waals surface area contributed by atoms with Crippen molar-refractivity contribution >= 4 is 53.1 Å². The second-order valence-electron chi connectivity index (χ2n) is 14.8. The van der Waals surface area contributed by atoms with Gasteiger partial charge in [-0.2, -0.15) is 0 Å². The van der Waals surface area contributed by atoms with Crippen molar-refractivity contribution in [3.05, 3.63) is 175 Å². The van der Waals surface area contributed by atoms with Crippen molar-refractivity contribution in [2.24, 2.45) is 0 Å². The molecule has 4 heteroatoms. The molecular weight excluding hydrogens is 675 g/mol. The Morgan fingerprint density at radius 1 is 0.370 bits per heavy atom. The number of fused-ring (bicyclic) bond motifs is 8. The Kier molecular flexibility index (Phi) is 6.77. The van der Waals surface area contributed by atoms with Crippen LogP contribution in [0.3, 0.4) is 0 Å². The first-order chi connectivity index (χ1) is 26.5. The Hall–Kier alpha value is -6.49. The lowest BCUT2D eigenvalue weighted by Crippen LogP contribution is -2.15. The van der Waals surface area contributed by atoms with Crippen molar-refractivity contribution in [3.63, 3.8) is 0 Å². The summed E-state index contributed by atoms with van der Waals surface area (Å²) in [5, 5.41) is 7.25. The van der Waals surface area contributed by atoms with E-state index < -0.39 is 0 Å². The molecule has 0 bridgehead atoms. The van der Waals surface area contributed by atoms with Crippen LogP contribution in [0.5, 0.6) is 0 Å². The highest BCUT2D eigenvalue weighted by Gasteiger charge is 2.35. The zero-order valence-electron chi connectivity index (χ0n) is 29.8. The van der Waals surface area contributed by atoms with E-state index in [4.69, 9.17) is 15.0 Å². The van der Waals surface area contributed by atoms with Crippen molar-refractivity contribution in [1.29, 1.82) is 0 Å². The van der Waals surface area contributed by atoms with Gasteiger partial charge in [0.15, 0.2) is 17.5 Å². The molecule has 8 aromatic carbocycles. The van der Waals surface area contributed by atoms with Gasteiger partial charge in [-0.15, -0.1) is 11.3 Å². The predicted molar refractivity (Wildman–Crippen MR) is 227 cm³/mol. The molecule has 0 fully saturated rings. The van der Waals surface area contributed by atoms with E-state index in [1.54, 1.807) is 0 Å². The van der Waals surface area contributed by atoms with Gasteiger partial charge in [0.1, 0.15) is 0 Å². The van der Waals surface area contributed by atoms with Crippen LogP contribution in [0, 0.1) is 0 Å². The number of benzene rings is 8. The number of hydrogen-bond donors (Lipinski definition) is 0. The van der Waals surface area contributed by atoms with E-state index in [1.165, 1.54) is 58.8 Å². The molecule has 2 aromatic heterocycles. The molecule has 0 atom stereocenters. The molecule has 0 saturated heterocycles. The number of hydrogen-bond acceptors (Lipinski definition) is 4. The third-order valence-electron chi connectivity index (χ3n) is 11.3. The molecule has 254 valence electrons. The molecule has 0 amide bonds. The average Bonchev–Trinajstić information content (AvgIpc) is 3.71. The Morgan fingerprint density at radius 2 is 0.981 bits per heavy atom. The molecule has 3 nitrogen and oxygen atoms in total. The quantitative estimate of drug-likeness (QED) is 0.183. The highest BCUT2D eigenvalue weighted by Crippen LogP contribution is 2.49. The second kappa shape index (κ2) is 11.8. The van der Waals surface area contributed by atoms with Crippen molar-refractivity contribution in [3.8, 4) is 56.4 Å². The minimum atomic E-state index is -0.137. The lowest BCUT2D eigenvalue weighted by molar-refractivity contribution is 0.660. The average molecular weight is 708 g/mol. The zero-order chi connectivity index (χ0) is 36.0. The third-order valence-corrected chi connectivity index (χ3v) is 12.5. The number of nitrogens with zero attached hydrogens (tertiary/aromatic N) is 3. The molecule has 2 heterocycles. The van der Waals surface area contributed by atoms with Crippen molar-refractivity contribution in [2.75, 3.05) is 0 Å². The molecule has 0 aliphatic heterocycles. The van der Waals surface area contributed by atoms with Crippen LogP contribution in [0.25, 0.3) is 98.1 Å².